The summed E-state index contributed by atoms with van der Waals surface area (Å²) in [5.74, 6) is 0.908. The average Bonchev–Trinajstić information content (AvgIpc) is 2.65. The third-order valence-corrected chi connectivity index (χ3v) is 2.90. The van der Waals surface area contributed by atoms with E-state index in [1.807, 2.05) is 12.1 Å². The number of nitrogens with two attached hydrogens (primary N) is 1. The number of halogens is 1. The maximum absolute atomic E-state index is 11.3. The zero-order valence-electron chi connectivity index (χ0n) is 8.25. The van der Waals surface area contributed by atoms with Crippen molar-refractivity contribution in [1.29, 1.82) is 0 Å². The normalized spacial score (nSPS) is 13.5. The van der Waals surface area contributed by atoms with Crippen molar-refractivity contribution in [2.75, 3.05) is 13.2 Å². The topological polar surface area (TPSA) is 52.3 Å². The zero-order valence-corrected chi connectivity index (χ0v) is 9.84. The number of ether oxygens (including phenoxy) is 1. The Bertz CT molecular complexity index is 404. The fraction of sp³-hybridized carbons (Fsp3) is 0.364. The molecular formula is C11H12BrNO2. The van der Waals surface area contributed by atoms with Crippen LogP contribution in [0.1, 0.15) is 11.1 Å². The van der Waals surface area contributed by atoms with Gasteiger partial charge in [0.15, 0.2) is 5.78 Å². The second-order valence-corrected chi connectivity index (χ2v) is 4.49. The number of carbonyl (C=O) groups excluding carboxylic acids is 1. The Kier molecular flexibility index (Phi) is 3.07. The molecule has 15 heavy (non-hydrogen) atoms. The van der Waals surface area contributed by atoms with E-state index < -0.39 is 0 Å². The van der Waals surface area contributed by atoms with Gasteiger partial charge in [-0.05, 0) is 17.7 Å². The second kappa shape index (κ2) is 4.33. The largest absolute Gasteiger partial charge is 0.493 e. The molecule has 1 aliphatic rings. The van der Waals surface area contributed by atoms with Crippen LogP contribution in [0.15, 0.2) is 16.6 Å². The summed E-state index contributed by atoms with van der Waals surface area (Å²) in [5.41, 5.74) is 7.41. The fourth-order valence-corrected chi connectivity index (χ4v) is 2.31. The molecule has 0 amide bonds. The van der Waals surface area contributed by atoms with Gasteiger partial charge in [0, 0.05) is 22.9 Å². The van der Waals surface area contributed by atoms with Gasteiger partial charge in [-0.2, -0.15) is 0 Å². The molecule has 0 unspecified atom stereocenters. The molecule has 1 aromatic rings. The summed E-state index contributed by atoms with van der Waals surface area (Å²) in [6.45, 7) is 0.789. The molecule has 1 heterocycles. The molecule has 0 fully saturated rings. The first kappa shape index (κ1) is 10.6. The van der Waals surface area contributed by atoms with E-state index in [1.54, 1.807) is 0 Å². The van der Waals surface area contributed by atoms with E-state index in [0.717, 1.165) is 22.2 Å². The predicted octanol–water partition coefficient (Wildman–Crippen LogP) is 1.45. The molecular weight excluding hydrogens is 258 g/mol. The van der Waals surface area contributed by atoms with Gasteiger partial charge < -0.3 is 10.5 Å². The van der Waals surface area contributed by atoms with Gasteiger partial charge in [-0.25, -0.2) is 0 Å². The Hall–Kier alpha value is -0.870. The highest BCUT2D eigenvalue weighted by Gasteiger charge is 2.18. The molecule has 80 valence electrons. The van der Waals surface area contributed by atoms with E-state index in [0.29, 0.717) is 13.0 Å². The van der Waals surface area contributed by atoms with Gasteiger partial charge >= 0.3 is 0 Å². The fourth-order valence-electron chi connectivity index (χ4n) is 1.76. The van der Waals surface area contributed by atoms with Crippen molar-refractivity contribution in [2.24, 2.45) is 5.73 Å². The van der Waals surface area contributed by atoms with Gasteiger partial charge in [0.2, 0.25) is 0 Å². The lowest BCUT2D eigenvalue weighted by atomic mass is 10.0. The first-order valence-corrected chi connectivity index (χ1v) is 5.66. The summed E-state index contributed by atoms with van der Waals surface area (Å²) < 4.78 is 6.51. The van der Waals surface area contributed by atoms with Crippen molar-refractivity contribution in [3.63, 3.8) is 0 Å². The predicted molar refractivity (Wildman–Crippen MR) is 61.1 cm³/mol. The van der Waals surface area contributed by atoms with Crippen molar-refractivity contribution in [1.82, 2.24) is 0 Å². The lowest BCUT2D eigenvalue weighted by molar-refractivity contribution is -0.117. The van der Waals surface area contributed by atoms with Crippen LogP contribution < -0.4 is 10.5 Å². The van der Waals surface area contributed by atoms with Crippen molar-refractivity contribution >= 4 is 21.7 Å². The minimum atomic E-state index is 0.0331. The summed E-state index contributed by atoms with van der Waals surface area (Å²) in [7, 11) is 0. The van der Waals surface area contributed by atoms with Crippen LogP contribution in [0.3, 0.4) is 0 Å². The summed E-state index contributed by atoms with van der Waals surface area (Å²) in [6.07, 6.45) is 1.27. The zero-order chi connectivity index (χ0) is 10.8. The lowest BCUT2D eigenvalue weighted by Gasteiger charge is -2.07. The van der Waals surface area contributed by atoms with Crippen molar-refractivity contribution in [3.8, 4) is 5.75 Å². The Labute approximate surface area is 96.7 Å². The number of Topliss-reactive ketones (excluding diaryl/α,β-unsaturated/α-hetero) is 1. The Morgan fingerprint density at radius 2 is 2.33 bits per heavy atom. The lowest BCUT2D eigenvalue weighted by Crippen LogP contribution is -2.16. The van der Waals surface area contributed by atoms with Gasteiger partial charge in [-0.3, -0.25) is 4.79 Å². The van der Waals surface area contributed by atoms with E-state index >= 15 is 0 Å². The van der Waals surface area contributed by atoms with Crippen LogP contribution in [0, 0.1) is 0 Å². The van der Waals surface area contributed by atoms with Crippen LogP contribution in [0.25, 0.3) is 0 Å². The smallest absolute Gasteiger partial charge is 0.150 e. The quantitative estimate of drug-likeness (QED) is 0.904. The summed E-state index contributed by atoms with van der Waals surface area (Å²) in [5, 5.41) is 0. The van der Waals surface area contributed by atoms with Gasteiger partial charge in [0.25, 0.3) is 0 Å². The van der Waals surface area contributed by atoms with E-state index in [4.69, 9.17) is 10.5 Å². The molecule has 0 aromatic heterocycles. The van der Waals surface area contributed by atoms with Crippen LogP contribution in [-0.4, -0.2) is 18.9 Å². The molecule has 0 radical (unpaired) electrons. The monoisotopic (exact) mass is 269 g/mol. The Morgan fingerprint density at radius 3 is 3.07 bits per heavy atom. The SMILES string of the molecule is NCC(=O)Cc1cc(Br)cc2c1OCC2. The first-order chi connectivity index (χ1) is 7.20. The van der Waals surface area contributed by atoms with E-state index in [2.05, 4.69) is 15.9 Å². The second-order valence-electron chi connectivity index (χ2n) is 3.57. The van der Waals surface area contributed by atoms with Gasteiger partial charge in [0.05, 0.1) is 13.2 Å². The molecule has 0 atom stereocenters. The maximum atomic E-state index is 11.3. The summed E-state index contributed by atoms with van der Waals surface area (Å²) >= 11 is 3.43. The molecule has 0 spiro atoms. The van der Waals surface area contributed by atoms with Crippen molar-refractivity contribution in [2.45, 2.75) is 12.8 Å². The third-order valence-electron chi connectivity index (χ3n) is 2.44. The molecule has 2 rings (SSSR count). The maximum Gasteiger partial charge on any atom is 0.150 e. The molecule has 3 nitrogen and oxygen atoms in total. The molecule has 4 heteroatoms. The van der Waals surface area contributed by atoms with E-state index in [9.17, 15) is 4.79 Å². The Morgan fingerprint density at radius 1 is 1.53 bits per heavy atom. The van der Waals surface area contributed by atoms with Gasteiger partial charge in [0.1, 0.15) is 5.75 Å². The molecule has 1 aromatic carbocycles. The number of hydrogen-bond donors (Lipinski definition) is 1. The molecule has 2 N–H and O–H groups in total. The van der Waals surface area contributed by atoms with Crippen LogP contribution in [0.2, 0.25) is 0 Å². The highest BCUT2D eigenvalue weighted by Crippen LogP contribution is 2.33. The van der Waals surface area contributed by atoms with Crippen LogP contribution in [0.5, 0.6) is 5.75 Å². The number of fused-ring (bicyclic) bond motifs is 1. The summed E-state index contributed by atoms with van der Waals surface area (Å²) in [6, 6.07) is 3.97. The number of carbonyl (C=O) groups is 1. The van der Waals surface area contributed by atoms with Crippen LogP contribution in [0.4, 0.5) is 0 Å². The standard InChI is InChI=1S/C11H12BrNO2/c12-9-3-7-1-2-15-11(7)8(4-9)5-10(14)6-13/h3-4H,1-2,5-6,13H2. The molecule has 0 aliphatic carbocycles. The first-order valence-electron chi connectivity index (χ1n) is 4.86. The highest BCUT2D eigenvalue weighted by atomic mass is 79.9. The number of ketones is 1. The number of benzene rings is 1. The minimum Gasteiger partial charge on any atom is -0.493 e. The van der Waals surface area contributed by atoms with E-state index in [-0.39, 0.29) is 12.3 Å². The molecule has 1 aliphatic heterocycles. The van der Waals surface area contributed by atoms with Gasteiger partial charge in [-0.1, -0.05) is 15.9 Å². The minimum absolute atomic E-state index is 0.0331. The molecule has 0 bridgehead atoms. The summed E-state index contributed by atoms with van der Waals surface area (Å²) in [4.78, 5) is 11.3. The highest BCUT2D eigenvalue weighted by molar-refractivity contribution is 9.10. The number of rotatable bonds is 3. The van der Waals surface area contributed by atoms with Gasteiger partial charge in [-0.15, -0.1) is 0 Å². The van der Waals surface area contributed by atoms with Crippen LogP contribution in [-0.2, 0) is 17.6 Å². The van der Waals surface area contributed by atoms with E-state index in [1.165, 1.54) is 5.56 Å². The van der Waals surface area contributed by atoms with Crippen molar-refractivity contribution < 1.29 is 9.53 Å². The average molecular weight is 270 g/mol. The Balaban J connectivity index is 2.34. The molecule has 0 saturated heterocycles. The van der Waals surface area contributed by atoms with Crippen LogP contribution >= 0.6 is 15.9 Å². The molecule has 0 saturated carbocycles. The third kappa shape index (κ3) is 2.21. The van der Waals surface area contributed by atoms with Crippen molar-refractivity contribution in [3.05, 3.63) is 27.7 Å². The number of hydrogen-bond acceptors (Lipinski definition) is 3.